The van der Waals surface area contributed by atoms with Crippen LogP contribution in [-0.4, -0.2) is 196 Å². The van der Waals surface area contributed by atoms with E-state index in [0.29, 0.717) is 122 Å². The van der Waals surface area contributed by atoms with Crippen LogP contribution < -0.4 is 31.9 Å². The van der Waals surface area contributed by atoms with Crippen LogP contribution in [0.3, 0.4) is 0 Å². The van der Waals surface area contributed by atoms with Crippen molar-refractivity contribution in [3.63, 3.8) is 0 Å². The third-order valence-corrected chi connectivity index (χ3v) is 28.4. The minimum absolute atomic E-state index is 0.0268. The van der Waals surface area contributed by atoms with Crippen molar-refractivity contribution >= 4 is 92.3 Å². The number of likely N-dealkylation sites (tertiary alicyclic amines) is 2. The third-order valence-electron chi connectivity index (χ3n) is 27.2. The molecule has 0 aliphatic carbocycles. The summed E-state index contributed by atoms with van der Waals surface area (Å²) in [4.78, 5) is 73.2. The lowest BCUT2D eigenvalue weighted by Crippen LogP contribution is -2.41. The largest absolute Gasteiger partial charge is 0.385 e. The summed E-state index contributed by atoms with van der Waals surface area (Å²) in [5.74, 6) is 2.25. The summed E-state index contributed by atoms with van der Waals surface area (Å²) in [5, 5.41) is 22.1. The van der Waals surface area contributed by atoms with Gasteiger partial charge in [-0.2, -0.15) is 0 Å². The molecule has 0 amide bonds. The quantitative estimate of drug-likeness (QED) is 0.0267. The molecule has 27 heteroatoms. The molecule has 8 saturated heterocycles. The monoisotopic (exact) mass is 1850 g/mol. The predicted molar refractivity (Wildman–Crippen MR) is 512 cm³/mol. The second kappa shape index (κ2) is 48.1. The van der Waals surface area contributed by atoms with E-state index in [4.69, 9.17) is 65.4 Å². The zero-order valence-electron chi connectivity index (χ0n) is 75.8. The predicted octanol–water partition coefficient (Wildman–Crippen LogP) is 20.1. The summed E-state index contributed by atoms with van der Waals surface area (Å²) >= 11 is 25.8. The van der Waals surface area contributed by atoms with Crippen LogP contribution in [0.4, 0.5) is 35.9 Å². The molecule has 0 radical (unpaired) electrons. The number of piperidine rings is 3. The van der Waals surface area contributed by atoms with Gasteiger partial charge in [0.25, 0.3) is 0 Å². The normalized spacial score (nSPS) is 22.4. The number of nitrogens with zero attached hydrogens (tertiary/aromatic N) is 6. The van der Waals surface area contributed by atoms with Gasteiger partial charge in [-0.1, -0.05) is 76.7 Å². The van der Waals surface area contributed by atoms with E-state index in [-0.39, 0.29) is 89.1 Å². The molecule has 694 valence electrons. The van der Waals surface area contributed by atoms with Crippen LogP contribution >= 0.6 is 46.4 Å². The Bertz CT molecular complexity index is 4910. The highest BCUT2D eigenvalue weighted by atomic mass is 35.5. The number of carbonyl (C=O) groups is 4. The van der Waals surface area contributed by atoms with Gasteiger partial charge in [0.15, 0.2) is 0 Å². The van der Waals surface area contributed by atoms with Gasteiger partial charge in [0.1, 0.15) is 40.6 Å². The molecule has 8 aliphatic heterocycles. The molecule has 16 rings (SSSR count). The molecule has 4 aromatic heterocycles. The number of nitrogens with one attached hydrogen (secondary N) is 6. The molecular weight excluding hydrogens is 1720 g/mol. The highest BCUT2D eigenvalue weighted by molar-refractivity contribution is 6.34. The first-order chi connectivity index (χ1) is 62.2. The number of hydrogen-bond donors (Lipinski definition) is 6. The molecule has 0 bridgehead atoms. The molecular formula is C102H129Cl4F3N12O8. The summed E-state index contributed by atoms with van der Waals surface area (Å²) in [5.41, 5.74) is 11.9. The number of rotatable bonds is 28. The van der Waals surface area contributed by atoms with Crippen LogP contribution in [0.1, 0.15) is 154 Å². The van der Waals surface area contributed by atoms with Crippen molar-refractivity contribution in [3.05, 3.63) is 188 Å². The van der Waals surface area contributed by atoms with E-state index in [0.717, 1.165) is 238 Å². The Hall–Kier alpha value is -8.01. The maximum Gasteiger partial charge on any atom is 0.146 e. The van der Waals surface area contributed by atoms with Gasteiger partial charge in [0, 0.05) is 242 Å². The van der Waals surface area contributed by atoms with Gasteiger partial charge < -0.3 is 60.6 Å². The molecule has 12 heterocycles. The minimum atomic E-state index is -0.291. The molecule has 8 aliphatic rings. The number of anilines is 4. The zero-order chi connectivity index (χ0) is 91.1. The van der Waals surface area contributed by atoms with Crippen LogP contribution in [0.5, 0.6) is 0 Å². The van der Waals surface area contributed by atoms with Crippen LogP contribution in [0.15, 0.2) is 128 Å². The number of aromatic nitrogens is 4. The second-order valence-corrected chi connectivity index (χ2v) is 39.0. The van der Waals surface area contributed by atoms with Crippen molar-refractivity contribution < 1.29 is 51.3 Å². The summed E-state index contributed by atoms with van der Waals surface area (Å²) < 4.78 is 65.4. The molecule has 4 aromatic carbocycles. The van der Waals surface area contributed by atoms with Gasteiger partial charge in [-0.3, -0.25) is 39.1 Å². The number of halogens is 7. The van der Waals surface area contributed by atoms with E-state index >= 15 is 0 Å². The highest BCUT2D eigenvalue weighted by Crippen LogP contribution is 2.39. The summed E-state index contributed by atoms with van der Waals surface area (Å²) in [6, 6.07) is 32.2. The van der Waals surface area contributed by atoms with Gasteiger partial charge in [0.05, 0.1) is 42.8 Å². The van der Waals surface area contributed by atoms with Gasteiger partial charge in [-0.25, -0.2) is 13.2 Å². The van der Waals surface area contributed by atoms with E-state index in [1.54, 1.807) is 61.2 Å². The molecule has 8 aromatic rings. The Morgan fingerprint density at radius 3 is 1.13 bits per heavy atom. The lowest BCUT2D eigenvalue weighted by molar-refractivity contribution is -0.125. The Kier molecular flexibility index (Phi) is 36.7. The number of pyridine rings is 4. The fraction of sp³-hybridized carbons (Fsp3) is 0.529. The fourth-order valence-corrected chi connectivity index (χ4v) is 19.3. The van der Waals surface area contributed by atoms with Crippen LogP contribution in [-0.2, 0) is 63.8 Å². The van der Waals surface area contributed by atoms with E-state index in [9.17, 15) is 32.3 Å². The average molecular weight is 1850 g/mol. The summed E-state index contributed by atoms with van der Waals surface area (Å²) in [7, 11) is 4.15. The number of ketones is 4. The van der Waals surface area contributed by atoms with Crippen molar-refractivity contribution in [3.8, 4) is 44.5 Å². The van der Waals surface area contributed by atoms with Crippen molar-refractivity contribution in [2.24, 2.45) is 47.3 Å². The molecule has 0 unspecified atom stereocenters. The van der Waals surface area contributed by atoms with E-state index < -0.39 is 0 Å². The smallest absolute Gasteiger partial charge is 0.146 e. The number of carbonyl (C=O) groups excluding carboxylic acids is 4. The lowest BCUT2D eigenvalue weighted by atomic mass is 9.88. The topological polar surface area (TPSA) is 235 Å². The van der Waals surface area contributed by atoms with Crippen molar-refractivity contribution in [1.82, 2.24) is 40.4 Å². The molecule has 0 saturated carbocycles. The maximum atomic E-state index is 14.5. The van der Waals surface area contributed by atoms with Crippen molar-refractivity contribution in [2.75, 3.05) is 141 Å². The number of Topliss-reactive ketones (excluding diaryl/α,β-unsaturated/α-hetero) is 4. The van der Waals surface area contributed by atoms with Crippen molar-refractivity contribution in [1.29, 1.82) is 0 Å². The van der Waals surface area contributed by atoms with Crippen LogP contribution in [0, 0.1) is 64.8 Å². The summed E-state index contributed by atoms with van der Waals surface area (Å²) in [6.07, 6.45) is 22.4. The Morgan fingerprint density at radius 2 is 0.775 bits per heavy atom. The zero-order valence-corrected chi connectivity index (χ0v) is 78.8. The standard InChI is InChI=1S/2C26H33ClFN3O2.C25H31ClFN3O2.C25H32ClN3O2/c2*1-17-3-4-20(16-31(17)2)26(32)13-21-12-22(23(27)15-29-21)19-5-6-24(28)25(11-19)30-14-18-7-9-33-10-8-18;1-16-2-3-19(14-28-16)25(31)12-20-11-21(22(26)15-29-20)18-4-5-23(27)24(10-18)30-13-17-6-8-32-9-7-17;1-25(2)13-17(7-9-31-25)14-28-20-5-3-4-18(10-20)22-11-21(29-16-23(22)26)12-24(30)19-6-8-27-15-19/h2*5-6,11-12,15,17-18,20,30H,3-4,7-10,13-14,16H2,1-2H3;4-5,10-11,15-17,19,28,30H,2-3,6-9,12-14H2,1H3;3-5,10-11,16-17,19,27-28H,6-9,12-15H2,1-2H3/t2*17-,20-;16-,19-;17-,19+/m1000/s1. The average Bonchev–Trinajstić information content (AvgIpc) is 1.06. The van der Waals surface area contributed by atoms with Gasteiger partial charge in [-0.15, -0.1) is 0 Å². The minimum Gasteiger partial charge on any atom is -0.385 e. The molecule has 0 spiro atoms. The SMILES string of the molecule is CC1(C)C[C@@H](CNc2cccc(-c3cc(CC(=O)[C@@H]4CCNC4)ncc3Cl)c2)CCO1.C[C@@H]1CC[C@@H](C(=O)Cc2cc(-c3ccc(F)c(NCC4CCOCC4)c3)c(Cl)cn2)CN1C.C[C@H]1CC[C@H](C(=O)Cc2cc(-c3ccc(F)c(NCC4CCOCC4)c3)c(Cl)cn2)CN1.C[C@H]1CC[C@H](C(=O)Cc2cc(-c3ccc(F)c(NCC4CCOCC4)c3)c(Cl)cn2)CN1C. The molecule has 8 fully saturated rings. The first-order valence-electron chi connectivity index (χ1n) is 46.6. The number of ether oxygens (including phenoxy) is 4. The Morgan fingerprint density at radius 1 is 0.419 bits per heavy atom. The van der Waals surface area contributed by atoms with Crippen LogP contribution in [0.25, 0.3) is 44.5 Å². The number of hydrogen-bond acceptors (Lipinski definition) is 20. The first kappa shape index (κ1) is 98.5. The van der Waals surface area contributed by atoms with E-state index in [2.05, 4.69) is 129 Å². The highest BCUT2D eigenvalue weighted by Gasteiger charge is 2.33. The Labute approximate surface area is 779 Å². The van der Waals surface area contributed by atoms with E-state index in [1.165, 1.54) is 18.2 Å². The van der Waals surface area contributed by atoms with E-state index in [1.807, 2.05) is 30.3 Å². The second-order valence-electron chi connectivity index (χ2n) is 37.4. The van der Waals surface area contributed by atoms with Gasteiger partial charge >= 0.3 is 0 Å². The van der Waals surface area contributed by atoms with Crippen LogP contribution in [0.2, 0.25) is 20.1 Å². The maximum absolute atomic E-state index is 14.5. The lowest BCUT2D eigenvalue weighted by Gasteiger charge is -2.35. The molecule has 129 heavy (non-hydrogen) atoms. The van der Waals surface area contributed by atoms with Crippen molar-refractivity contribution in [2.45, 2.75) is 180 Å². The molecule has 6 N–H and O–H groups in total. The number of benzene rings is 4. The first-order valence-corrected chi connectivity index (χ1v) is 48.1. The fourth-order valence-electron chi connectivity index (χ4n) is 18.5. The van der Waals surface area contributed by atoms with Gasteiger partial charge in [-0.05, 0) is 270 Å². The Balaban J connectivity index is 0.000000147. The molecule has 8 atom stereocenters. The molecule has 20 nitrogen and oxygen atoms in total. The van der Waals surface area contributed by atoms with Gasteiger partial charge in [0.2, 0.25) is 0 Å². The summed E-state index contributed by atoms with van der Waals surface area (Å²) in [6.45, 7) is 23.3. The third kappa shape index (κ3) is 29.0.